The summed E-state index contributed by atoms with van der Waals surface area (Å²) in [7, 11) is 1.22. The van der Waals surface area contributed by atoms with Crippen LogP contribution in [-0.2, 0) is 9.53 Å². The van der Waals surface area contributed by atoms with Gasteiger partial charge in [-0.1, -0.05) is 17.7 Å². The van der Waals surface area contributed by atoms with Gasteiger partial charge >= 0.3 is 18.0 Å². The Balaban J connectivity index is 2.94. The summed E-state index contributed by atoms with van der Waals surface area (Å²) in [5.41, 5.74) is -0.148. The third kappa shape index (κ3) is 4.35. The van der Waals surface area contributed by atoms with E-state index in [2.05, 4.69) is 10.1 Å². The first-order chi connectivity index (χ1) is 9.90. The van der Waals surface area contributed by atoms with Crippen LogP contribution < -0.4 is 5.32 Å². The van der Waals surface area contributed by atoms with Crippen molar-refractivity contribution in [1.82, 2.24) is 4.90 Å². The fourth-order valence-electron chi connectivity index (χ4n) is 1.59. The highest BCUT2D eigenvalue weighted by Crippen LogP contribution is 2.24. The molecule has 0 aliphatic heterocycles. The van der Waals surface area contributed by atoms with Gasteiger partial charge in [-0.25, -0.2) is 9.59 Å². The minimum Gasteiger partial charge on any atom is -0.478 e. The molecule has 2 amide bonds. The molecule has 0 aliphatic carbocycles. The van der Waals surface area contributed by atoms with Crippen LogP contribution >= 0.6 is 11.6 Å². The van der Waals surface area contributed by atoms with E-state index in [0.29, 0.717) is 0 Å². The first-order valence-corrected chi connectivity index (χ1v) is 6.43. The average molecular weight is 315 g/mol. The maximum Gasteiger partial charge on any atom is 0.339 e. The van der Waals surface area contributed by atoms with Gasteiger partial charge < -0.3 is 20.1 Å². The molecule has 0 saturated heterocycles. The Morgan fingerprint density at radius 1 is 1.38 bits per heavy atom. The number of hydrogen-bond donors (Lipinski definition) is 2. The predicted octanol–water partition coefficient (Wildman–Crippen LogP) is 2.06. The van der Waals surface area contributed by atoms with Crippen LogP contribution in [0.15, 0.2) is 18.2 Å². The first kappa shape index (κ1) is 16.8. The molecule has 0 fully saturated rings. The Labute approximate surface area is 126 Å². The van der Waals surface area contributed by atoms with E-state index in [1.807, 2.05) is 0 Å². The maximum absolute atomic E-state index is 12.1. The molecule has 1 rings (SSSR count). The highest BCUT2D eigenvalue weighted by atomic mass is 35.5. The van der Waals surface area contributed by atoms with Crippen LogP contribution in [0.5, 0.6) is 0 Å². The number of carboxylic acids is 1. The number of nitrogens with zero attached hydrogens (tertiary/aromatic N) is 1. The lowest BCUT2D eigenvalue weighted by molar-refractivity contribution is -0.141. The summed E-state index contributed by atoms with van der Waals surface area (Å²) in [6, 6.07) is 3.72. The van der Waals surface area contributed by atoms with E-state index >= 15 is 0 Å². The number of aromatic carboxylic acids is 1. The number of hydrogen-bond acceptors (Lipinski definition) is 4. The molecule has 7 nitrogen and oxygen atoms in total. The first-order valence-electron chi connectivity index (χ1n) is 6.05. The quantitative estimate of drug-likeness (QED) is 0.811. The Bertz CT molecular complexity index is 561. The summed E-state index contributed by atoms with van der Waals surface area (Å²) in [5.74, 6) is -1.83. The molecule has 0 heterocycles. The average Bonchev–Trinajstić information content (AvgIpc) is 2.43. The number of likely N-dealkylation sites (N-methyl/N-ethyl adjacent to an activating group) is 1. The number of benzene rings is 1. The standard InChI is InChI=1S/C13H15ClN2O5/c1-3-16(7-10(17)21-2)13(20)15-9-6-4-5-8(14)11(9)12(18)19/h4-6H,3,7H2,1-2H3,(H,15,20)(H,18,19). The van der Waals surface area contributed by atoms with Gasteiger partial charge in [-0.15, -0.1) is 0 Å². The van der Waals surface area contributed by atoms with Gasteiger partial charge in [0.1, 0.15) is 12.1 Å². The lowest BCUT2D eigenvalue weighted by atomic mass is 10.2. The SMILES string of the molecule is CCN(CC(=O)OC)C(=O)Nc1cccc(Cl)c1C(=O)O. The molecule has 0 radical (unpaired) electrons. The molecular formula is C13H15ClN2O5. The summed E-state index contributed by atoms with van der Waals surface area (Å²) in [4.78, 5) is 35.6. The molecule has 0 aliphatic rings. The molecule has 1 aromatic rings. The Hall–Kier alpha value is -2.28. The molecule has 1 aromatic carbocycles. The number of amides is 2. The number of urea groups is 1. The van der Waals surface area contributed by atoms with E-state index in [0.717, 1.165) is 0 Å². The van der Waals surface area contributed by atoms with E-state index < -0.39 is 18.0 Å². The summed E-state index contributed by atoms with van der Waals surface area (Å²) in [6.07, 6.45) is 0. The smallest absolute Gasteiger partial charge is 0.339 e. The summed E-state index contributed by atoms with van der Waals surface area (Å²) in [5, 5.41) is 11.6. The highest BCUT2D eigenvalue weighted by molar-refractivity contribution is 6.34. The van der Waals surface area contributed by atoms with Crippen molar-refractivity contribution in [1.29, 1.82) is 0 Å². The van der Waals surface area contributed by atoms with Gasteiger partial charge in [-0.2, -0.15) is 0 Å². The Morgan fingerprint density at radius 3 is 2.57 bits per heavy atom. The van der Waals surface area contributed by atoms with Crippen LogP contribution in [0, 0.1) is 0 Å². The van der Waals surface area contributed by atoms with Crippen LogP contribution in [0.3, 0.4) is 0 Å². The van der Waals surface area contributed by atoms with E-state index in [-0.39, 0.29) is 29.4 Å². The molecule has 21 heavy (non-hydrogen) atoms. The second-order valence-corrected chi connectivity index (χ2v) is 4.40. The third-order valence-electron chi connectivity index (χ3n) is 2.69. The molecule has 0 saturated carbocycles. The second-order valence-electron chi connectivity index (χ2n) is 3.99. The number of carbonyl (C=O) groups excluding carboxylic acids is 2. The summed E-state index contributed by atoms with van der Waals surface area (Å²) in [6.45, 7) is 1.70. The molecule has 114 valence electrons. The highest BCUT2D eigenvalue weighted by Gasteiger charge is 2.20. The number of esters is 1. The maximum atomic E-state index is 12.1. The summed E-state index contributed by atoms with van der Waals surface area (Å²) < 4.78 is 4.49. The van der Waals surface area contributed by atoms with E-state index in [1.54, 1.807) is 6.92 Å². The van der Waals surface area contributed by atoms with Crippen molar-refractivity contribution in [2.75, 3.05) is 25.5 Å². The number of carbonyl (C=O) groups is 3. The van der Waals surface area contributed by atoms with Crippen molar-refractivity contribution < 1.29 is 24.2 Å². The van der Waals surface area contributed by atoms with Crippen LogP contribution in [0.2, 0.25) is 5.02 Å². The van der Waals surface area contributed by atoms with Crippen LogP contribution in [-0.4, -0.2) is 48.2 Å². The molecule has 8 heteroatoms. The Morgan fingerprint density at radius 2 is 2.05 bits per heavy atom. The topological polar surface area (TPSA) is 95.9 Å². The zero-order chi connectivity index (χ0) is 16.0. The molecule has 0 unspecified atom stereocenters. The second kappa shape index (κ2) is 7.49. The van der Waals surface area contributed by atoms with Crippen molar-refractivity contribution in [3.8, 4) is 0 Å². The largest absolute Gasteiger partial charge is 0.478 e. The summed E-state index contributed by atoms with van der Waals surface area (Å²) >= 11 is 5.81. The van der Waals surface area contributed by atoms with Gasteiger partial charge in [0.15, 0.2) is 0 Å². The van der Waals surface area contributed by atoms with Gasteiger partial charge in [0.05, 0.1) is 17.8 Å². The van der Waals surface area contributed by atoms with Gasteiger partial charge in [0.25, 0.3) is 0 Å². The predicted molar refractivity (Wildman–Crippen MR) is 76.7 cm³/mol. The fraction of sp³-hybridized carbons (Fsp3) is 0.308. The van der Waals surface area contributed by atoms with Crippen molar-refractivity contribution in [3.05, 3.63) is 28.8 Å². The lowest BCUT2D eigenvalue weighted by Crippen LogP contribution is -2.39. The number of ether oxygens (including phenoxy) is 1. The van der Waals surface area contributed by atoms with Crippen LogP contribution in [0.4, 0.5) is 10.5 Å². The molecular weight excluding hydrogens is 300 g/mol. The van der Waals surface area contributed by atoms with Crippen molar-refractivity contribution in [2.45, 2.75) is 6.92 Å². The minimum absolute atomic E-state index is 0.0105. The monoisotopic (exact) mass is 314 g/mol. The van der Waals surface area contributed by atoms with Crippen molar-refractivity contribution in [2.24, 2.45) is 0 Å². The molecule has 0 atom stereocenters. The number of rotatable bonds is 5. The van der Waals surface area contributed by atoms with Crippen LogP contribution in [0.1, 0.15) is 17.3 Å². The zero-order valence-electron chi connectivity index (χ0n) is 11.6. The number of carboxylic acid groups (broad SMARTS) is 1. The number of nitrogens with one attached hydrogen (secondary N) is 1. The van der Waals surface area contributed by atoms with Crippen molar-refractivity contribution >= 4 is 35.3 Å². The van der Waals surface area contributed by atoms with E-state index in [4.69, 9.17) is 16.7 Å². The van der Waals surface area contributed by atoms with E-state index in [9.17, 15) is 14.4 Å². The third-order valence-corrected chi connectivity index (χ3v) is 3.00. The number of methoxy groups -OCH3 is 1. The fourth-order valence-corrected chi connectivity index (χ4v) is 1.84. The number of anilines is 1. The molecule has 0 bridgehead atoms. The Kier molecular flexibility index (Phi) is 5.98. The molecule has 2 N–H and O–H groups in total. The number of halogens is 1. The lowest BCUT2D eigenvalue weighted by Gasteiger charge is -2.20. The normalized spacial score (nSPS) is 9.86. The van der Waals surface area contributed by atoms with Crippen molar-refractivity contribution in [3.63, 3.8) is 0 Å². The van der Waals surface area contributed by atoms with Gasteiger partial charge in [0, 0.05) is 6.54 Å². The van der Waals surface area contributed by atoms with Gasteiger partial charge in [0.2, 0.25) is 0 Å². The van der Waals surface area contributed by atoms with Gasteiger partial charge in [-0.05, 0) is 19.1 Å². The van der Waals surface area contributed by atoms with Crippen LogP contribution in [0.25, 0.3) is 0 Å². The molecule has 0 aromatic heterocycles. The van der Waals surface area contributed by atoms with Gasteiger partial charge in [-0.3, -0.25) is 4.79 Å². The zero-order valence-corrected chi connectivity index (χ0v) is 12.3. The minimum atomic E-state index is -1.26. The van der Waals surface area contributed by atoms with E-state index in [1.165, 1.54) is 30.2 Å². The molecule has 0 spiro atoms.